The van der Waals surface area contributed by atoms with Crippen molar-refractivity contribution in [2.45, 2.75) is 20.4 Å². The summed E-state index contributed by atoms with van der Waals surface area (Å²) >= 11 is 0. The number of nitrogens with zero attached hydrogens (tertiary/aromatic N) is 1. The molecule has 0 unspecified atom stereocenters. The molecule has 0 aliphatic carbocycles. The van der Waals surface area contributed by atoms with E-state index in [-0.39, 0.29) is 0 Å². The first-order valence-corrected chi connectivity index (χ1v) is 5.03. The highest BCUT2D eigenvalue weighted by molar-refractivity contribution is 5.48. The molecule has 3 heteroatoms. The zero-order chi connectivity index (χ0) is 10.7. The van der Waals surface area contributed by atoms with Crippen LogP contribution in [0.25, 0.3) is 0 Å². The third-order valence-electron chi connectivity index (χ3n) is 2.26. The molecule has 0 spiro atoms. The Kier molecular flexibility index (Phi) is 2.72. The van der Waals surface area contributed by atoms with Gasteiger partial charge in [-0.1, -0.05) is 6.07 Å². The van der Waals surface area contributed by atoms with Crippen LogP contribution in [0.5, 0.6) is 0 Å². The van der Waals surface area contributed by atoms with Crippen molar-refractivity contribution in [3.63, 3.8) is 0 Å². The van der Waals surface area contributed by atoms with Crippen LogP contribution in [-0.2, 0) is 6.54 Å². The lowest BCUT2D eigenvalue weighted by Gasteiger charge is -2.07. The van der Waals surface area contributed by atoms with Crippen molar-refractivity contribution < 1.29 is 0 Å². The smallest absolute Gasteiger partial charge is 0.0922 e. The Hall–Kier alpha value is -1.77. The molecule has 0 saturated carbocycles. The second kappa shape index (κ2) is 4.17. The molecule has 0 saturated heterocycles. The summed E-state index contributed by atoms with van der Waals surface area (Å²) < 4.78 is 0. The van der Waals surface area contributed by atoms with Gasteiger partial charge in [0, 0.05) is 11.9 Å². The van der Waals surface area contributed by atoms with Gasteiger partial charge in [-0.3, -0.25) is 0 Å². The van der Waals surface area contributed by atoms with E-state index in [9.17, 15) is 0 Å². The number of hydrogen-bond donors (Lipinski definition) is 2. The molecule has 2 N–H and O–H groups in total. The van der Waals surface area contributed by atoms with E-state index in [2.05, 4.69) is 47.3 Å². The minimum atomic E-state index is 0.781. The van der Waals surface area contributed by atoms with Crippen LogP contribution in [0.4, 0.5) is 5.69 Å². The topological polar surface area (TPSA) is 40.7 Å². The second-order valence-corrected chi connectivity index (χ2v) is 3.81. The Morgan fingerprint density at radius 1 is 1.20 bits per heavy atom. The molecule has 0 aliphatic rings. The Morgan fingerprint density at radius 3 is 2.53 bits per heavy atom. The third-order valence-corrected chi connectivity index (χ3v) is 2.26. The van der Waals surface area contributed by atoms with Gasteiger partial charge >= 0.3 is 0 Å². The van der Waals surface area contributed by atoms with E-state index in [1.807, 2.05) is 6.20 Å². The van der Waals surface area contributed by atoms with Gasteiger partial charge in [-0.15, -0.1) is 0 Å². The van der Waals surface area contributed by atoms with Crippen LogP contribution in [0.1, 0.15) is 16.8 Å². The van der Waals surface area contributed by atoms with Gasteiger partial charge in [0.2, 0.25) is 0 Å². The van der Waals surface area contributed by atoms with E-state index in [1.165, 1.54) is 11.1 Å². The molecule has 0 fully saturated rings. The summed E-state index contributed by atoms with van der Waals surface area (Å²) in [4.78, 5) is 7.04. The highest BCUT2D eigenvalue weighted by atomic mass is 14.9. The average Bonchev–Trinajstić information content (AvgIpc) is 2.65. The molecule has 2 rings (SSSR count). The fraction of sp³-hybridized carbons (Fsp3) is 0.250. The molecule has 1 heterocycles. The maximum absolute atomic E-state index is 3.97. The number of benzene rings is 1. The van der Waals surface area contributed by atoms with Gasteiger partial charge in [-0.05, 0) is 37.1 Å². The molecule has 15 heavy (non-hydrogen) atoms. The molecular formula is C12H15N3. The van der Waals surface area contributed by atoms with Gasteiger partial charge in [0.15, 0.2) is 0 Å². The number of H-pyrrole nitrogens is 1. The molecular weight excluding hydrogens is 186 g/mol. The Balaban J connectivity index is 2.05. The number of imidazole rings is 1. The van der Waals surface area contributed by atoms with E-state index in [0.29, 0.717) is 0 Å². The summed E-state index contributed by atoms with van der Waals surface area (Å²) in [7, 11) is 0. The minimum absolute atomic E-state index is 0.781. The first kappa shape index (κ1) is 9.77. The average molecular weight is 201 g/mol. The molecule has 3 nitrogen and oxygen atoms in total. The molecule has 2 aromatic rings. The number of rotatable bonds is 3. The van der Waals surface area contributed by atoms with Crippen molar-refractivity contribution in [3.8, 4) is 0 Å². The molecule has 0 radical (unpaired) electrons. The first-order chi connectivity index (χ1) is 7.24. The van der Waals surface area contributed by atoms with Crippen LogP contribution in [0.3, 0.4) is 0 Å². The molecule has 0 aliphatic heterocycles. The first-order valence-electron chi connectivity index (χ1n) is 5.03. The summed E-state index contributed by atoms with van der Waals surface area (Å²) in [5.41, 5.74) is 4.81. The van der Waals surface area contributed by atoms with Crippen molar-refractivity contribution >= 4 is 5.69 Å². The third kappa shape index (κ3) is 2.59. The maximum atomic E-state index is 3.97. The van der Waals surface area contributed by atoms with Gasteiger partial charge in [-0.25, -0.2) is 4.98 Å². The fourth-order valence-electron chi connectivity index (χ4n) is 1.66. The van der Waals surface area contributed by atoms with Crippen LogP contribution < -0.4 is 5.32 Å². The summed E-state index contributed by atoms with van der Waals surface area (Å²) in [6.45, 7) is 4.99. The lowest BCUT2D eigenvalue weighted by Crippen LogP contribution is -2.00. The van der Waals surface area contributed by atoms with Gasteiger partial charge < -0.3 is 10.3 Å². The molecule has 0 bridgehead atoms. The summed E-state index contributed by atoms with van der Waals surface area (Å²) in [5.74, 6) is 0. The number of anilines is 1. The number of aromatic nitrogens is 2. The van der Waals surface area contributed by atoms with Gasteiger partial charge in [0.25, 0.3) is 0 Å². The van der Waals surface area contributed by atoms with Crippen molar-refractivity contribution in [2.24, 2.45) is 0 Å². The van der Waals surface area contributed by atoms with Crippen LogP contribution in [0.2, 0.25) is 0 Å². The van der Waals surface area contributed by atoms with Crippen LogP contribution >= 0.6 is 0 Å². The second-order valence-electron chi connectivity index (χ2n) is 3.81. The van der Waals surface area contributed by atoms with Gasteiger partial charge in [0.1, 0.15) is 0 Å². The van der Waals surface area contributed by atoms with E-state index in [4.69, 9.17) is 0 Å². The van der Waals surface area contributed by atoms with E-state index in [0.717, 1.165) is 17.9 Å². The zero-order valence-corrected chi connectivity index (χ0v) is 9.04. The molecule has 1 aromatic heterocycles. The monoisotopic (exact) mass is 201 g/mol. The van der Waals surface area contributed by atoms with Crippen LogP contribution in [0.15, 0.2) is 30.7 Å². The highest BCUT2D eigenvalue weighted by Gasteiger charge is 1.96. The van der Waals surface area contributed by atoms with Gasteiger partial charge in [-0.2, -0.15) is 0 Å². The summed E-state index contributed by atoms with van der Waals surface area (Å²) in [6, 6.07) is 6.45. The Morgan fingerprint density at radius 2 is 1.93 bits per heavy atom. The minimum Gasteiger partial charge on any atom is -0.379 e. The highest BCUT2D eigenvalue weighted by Crippen LogP contribution is 2.14. The van der Waals surface area contributed by atoms with E-state index < -0.39 is 0 Å². The summed E-state index contributed by atoms with van der Waals surface area (Å²) in [5, 5.41) is 3.36. The normalized spacial score (nSPS) is 10.3. The van der Waals surface area contributed by atoms with Crippen molar-refractivity contribution in [2.75, 3.05) is 5.32 Å². The Labute approximate surface area is 89.6 Å². The fourth-order valence-corrected chi connectivity index (χ4v) is 1.66. The lowest BCUT2D eigenvalue weighted by atomic mass is 10.1. The van der Waals surface area contributed by atoms with Crippen LogP contribution in [-0.4, -0.2) is 9.97 Å². The molecule has 1 aromatic carbocycles. The quantitative estimate of drug-likeness (QED) is 0.801. The molecule has 78 valence electrons. The summed E-state index contributed by atoms with van der Waals surface area (Å²) in [6.07, 6.45) is 3.52. The van der Waals surface area contributed by atoms with Gasteiger partial charge in [0.05, 0.1) is 18.6 Å². The van der Waals surface area contributed by atoms with E-state index >= 15 is 0 Å². The maximum Gasteiger partial charge on any atom is 0.0922 e. The SMILES string of the molecule is Cc1cc(C)cc(NCc2cnc[nH]2)c1. The zero-order valence-electron chi connectivity index (χ0n) is 9.04. The van der Waals surface area contributed by atoms with Crippen molar-refractivity contribution in [1.82, 2.24) is 9.97 Å². The predicted octanol–water partition coefficient (Wildman–Crippen LogP) is 2.64. The number of hydrogen-bond acceptors (Lipinski definition) is 2. The molecule has 0 atom stereocenters. The van der Waals surface area contributed by atoms with E-state index in [1.54, 1.807) is 6.33 Å². The number of nitrogens with one attached hydrogen (secondary N) is 2. The van der Waals surface area contributed by atoms with Crippen molar-refractivity contribution in [1.29, 1.82) is 0 Å². The van der Waals surface area contributed by atoms with Crippen LogP contribution in [0, 0.1) is 13.8 Å². The largest absolute Gasteiger partial charge is 0.379 e. The van der Waals surface area contributed by atoms with Crippen molar-refractivity contribution in [3.05, 3.63) is 47.5 Å². The number of aromatic amines is 1. The number of aryl methyl sites for hydroxylation is 2. The Bertz CT molecular complexity index is 412. The standard InChI is InChI=1S/C12H15N3/c1-9-3-10(2)5-11(4-9)14-7-12-6-13-8-15-12/h3-6,8,14H,7H2,1-2H3,(H,13,15). The molecule has 0 amide bonds. The predicted molar refractivity (Wildman–Crippen MR) is 61.8 cm³/mol. The lowest BCUT2D eigenvalue weighted by molar-refractivity contribution is 1.07.